The van der Waals surface area contributed by atoms with Crippen LogP contribution in [0.1, 0.15) is 36.8 Å². The van der Waals surface area contributed by atoms with Crippen molar-refractivity contribution in [1.82, 2.24) is 14.7 Å². The zero-order chi connectivity index (χ0) is 19.4. The Bertz CT molecular complexity index is 926. The highest BCUT2D eigenvalue weighted by Crippen LogP contribution is 2.24. The number of fused-ring (bicyclic) bond motifs is 1. The predicted octanol–water partition coefficient (Wildman–Crippen LogP) is 2.35. The van der Waals surface area contributed by atoms with Crippen molar-refractivity contribution in [1.29, 1.82) is 0 Å². The molecule has 1 saturated heterocycles. The Morgan fingerprint density at radius 1 is 0.929 bits per heavy atom. The van der Waals surface area contributed by atoms with Crippen LogP contribution in [0.4, 0.5) is 11.6 Å². The number of aryl methyl sites for hydroxylation is 2. The van der Waals surface area contributed by atoms with E-state index in [4.69, 9.17) is 0 Å². The van der Waals surface area contributed by atoms with E-state index in [1.54, 1.807) is 12.4 Å². The van der Waals surface area contributed by atoms with Crippen molar-refractivity contribution in [2.45, 2.75) is 43.4 Å². The molecule has 2 heterocycles. The number of nitrogens with zero attached hydrogens (tertiary/aromatic N) is 3. The molecule has 150 valence electrons. The highest BCUT2D eigenvalue weighted by Gasteiger charge is 2.17. The van der Waals surface area contributed by atoms with Crippen molar-refractivity contribution in [3.63, 3.8) is 0 Å². The number of nitrogens with one attached hydrogen (secondary N) is 2. The minimum atomic E-state index is -3.50. The number of aromatic nitrogens is 2. The van der Waals surface area contributed by atoms with Crippen LogP contribution in [0.5, 0.6) is 0 Å². The molecule has 0 saturated carbocycles. The quantitative estimate of drug-likeness (QED) is 0.693. The first-order valence-corrected chi connectivity index (χ1v) is 11.5. The van der Waals surface area contributed by atoms with E-state index in [1.807, 2.05) is 18.2 Å². The number of anilines is 2. The molecule has 1 aromatic heterocycles. The van der Waals surface area contributed by atoms with E-state index in [2.05, 4.69) is 24.9 Å². The second-order valence-corrected chi connectivity index (χ2v) is 9.18. The van der Waals surface area contributed by atoms with Gasteiger partial charge in [-0.15, -0.1) is 0 Å². The van der Waals surface area contributed by atoms with Crippen molar-refractivity contribution in [3.05, 3.63) is 41.7 Å². The average Bonchev–Trinajstić information content (AvgIpc) is 3.26. The molecule has 0 radical (unpaired) electrons. The Morgan fingerprint density at radius 3 is 2.54 bits per heavy atom. The maximum atomic E-state index is 12.6. The number of rotatable bonds is 7. The molecule has 7 nitrogen and oxygen atoms in total. The van der Waals surface area contributed by atoms with Crippen LogP contribution in [0.2, 0.25) is 0 Å². The van der Waals surface area contributed by atoms with Crippen LogP contribution in [0.25, 0.3) is 0 Å². The Kier molecular flexibility index (Phi) is 5.77. The second-order valence-electron chi connectivity index (χ2n) is 7.42. The van der Waals surface area contributed by atoms with E-state index >= 15 is 0 Å². The molecule has 1 fully saturated rings. The molecule has 4 rings (SSSR count). The molecule has 1 aromatic carbocycles. The van der Waals surface area contributed by atoms with Crippen molar-refractivity contribution >= 4 is 21.7 Å². The standard InChI is InChI=1S/C20H27N5O2S/c26-28(27,18-8-7-16-5-1-2-6-17(16)13-18)24-10-9-21-19-14-20(23-15-22-19)25-11-3-4-12-25/h7-8,13-15,24H,1-6,9-12H2,(H,21,22,23). The van der Waals surface area contributed by atoms with Gasteiger partial charge in [-0.05, 0) is 61.8 Å². The molecule has 0 amide bonds. The summed E-state index contributed by atoms with van der Waals surface area (Å²) in [5.74, 6) is 1.63. The lowest BCUT2D eigenvalue weighted by Crippen LogP contribution is -2.29. The summed E-state index contributed by atoms with van der Waals surface area (Å²) in [5.41, 5.74) is 2.45. The SMILES string of the molecule is O=S(=O)(NCCNc1cc(N2CCCC2)ncn1)c1ccc2c(c1)CCCC2. The van der Waals surface area contributed by atoms with Gasteiger partial charge in [-0.3, -0.25) is 0 Å². The van der Waals surface area contributed by atoms with Crippen molar-refractivity contribution in [2.24, 2.45) is 0 Å². The summed E-state index contributed by atoms with van der Waals surface area (Å²) < 4.78 is 27.9. The summed E-state index contributed by atoms with van der Waals surface area (Å²) in [7, 11) is -3.50. The summed E-state index contributed by atoms with van der Waals surface area (Å²) in [6, 6.07) is 7.43. The van der Waals surface area contributed by atoms with Gasteiger partial charge >= 0.3 is 0 Å². The van der Waals surface area contributed by atoms with E-state index < -0.39 is 10.0 Å². The fourth-order valence-corrected chi connectivity index (χ4v) is 4.98. The van der Waals surface area contributed by atoms with E-state index in [0.717, 1.165) is 38.2 Å². The highest BCUT2D eigenvalue weighted by molar-refractivity contribution is 7.89. The van der Waals surface area contributed by atoms with Crippen LogP contribution in [0.15, 0.2) is 35.5 Å². The van der Waals surface area contributed by atoms with E-state index in [9.17, 15) is 8.42 Å². The van der Waals surface area contributed by atoms with Crippen LogP contribution >= 0.6 is 0 Å². The Hall–Kier alpha value is -2.19. The molecule has 1 aliphatic heterocycles. The molecule has 0 unspecified atom stereocenters. The lowest BCUT2D eigenvalue weighted by atomic mass is 9.92. The lowest BCUT2D eigenvalue weighted by Gasteiger charge is -2.17. The van der Waals surface area contributed by atoms with Crippen LogP contribution < -0.4 is 14.9 Å². The van der Waals surface area contributed by atoms with Gasteiger partial charge < -0.3 is 10.2 Å². The lowest BCUT2D eigenvalue weighted by molar-refractivity contribution is 0.582. The fourth-order valence-electron chi connectivity index (χ4n) is 3.90. The van der Waals surface area contributed by atoms with Crippen LogP contribution in [-0.2, 0) is 22.9 Å². The molecule has 2 aliphatic rings. The van der Waals surface area contributed by atoms with Crippen molar-refractivity contribution in [2.75, 3.05) is 36.4 Å². The van der Waals surface area contributed by atoms with Gasteiger partial charge in [-0.25, -0.2) is 23.1 Å². The van der Waals surface area contributed by atoms with E-state index in [-0.39, 0.29) is 0 Å². The van der Waals surface area contributed by atoms with Gasteiger partial charge in [-0.1, -0.05) is 6.07 Å². The predicted molar refractivity (Wildman–Crippen MR) is 110 cm³/mol. The van der Waals surface area contributed by atoms with Gasteiger partial charge in [-0.2, -0.15) is 0 Å². The number of hydrogen-bond acceptors (Lipinski definition) is 6. The normalized spacial score (nSPS) is 16.8. The first-order valence-electron chi connectivity index (χ1n) is 10.0. The molecule has 0 spiro atoms. The number of sulfonamides is 1. The van der Waals surface area contributed by atoms with Gasteiger partial charge in [0.15, 0.2) is 0 Å². The Balaban J connectivity index is 1.31. The molecule has 1 aliphatic carbocycles. The molecular formula is C20H27N5O2S. The minimum Gasteiger partial charge on any atom is -0.369 e. The third-order valence-corrected chi connectivity index (χ3v) is 6.89. The Morgan fingerprint density at radius 2 is 1.71 bits per heavy atom. The average molecular weight is 402 g/mol. The Labute approximate surface area is 166 Å². The van der Waals surface area contributed by atoms with Crippen molar-refractivity contribution in [3.8, 4) is 0 Å². The van der Waals surface area contributed by atoms with Crippen LogP contribution in [-0.4, -0.2) is 44.6 Å². The summed E-state index contributed by atoms with van der Waals surface area (Å²) in [6.45, 7) is 2.80. The zero-order valence-electron chi connectivity index (χ0n) is 16.0. The van der Waals surface area contributed by atoms with Gasteiger partial charge in [0.1, 0.15) is 18.0 Å². The number of hydrogen-bond donors (Lipinski definition) is 2. The topological polar surface area (TPSA) is 87.2 Å². The maximum absolute atomic E-state index is 12.6. The summed E-state index contributed by atoms with van der Waals surface area (Å²) in [6.07, 6.45) is 8.26. The molecule has 2 aromatic rings. The third kappa shape index (κ3) is 4.44. The maximum Gasteiger partial charge on any atom is 0.240 e. The molecular weight excluding hydrogens is 374 g/mol. The van der Waals surface area contributed by atoms with E-state index in [0.29, 0.717) is 23.8 Å². The molecule has 28 heavy (non-hydrogen) atoms. The van der Waals surface area contributed by atoms with Gasteiger partial charge in [0.25, 0.3) is 0 Å². The van der Waals surface area contributed by atoms with Gasteiger partial charge in [0.05, 0.1) is 4.90 Å². The highest BCUT2D eigenvalue weighted by atomic mass is 32.2. The van der Waals surface area contributed by atoms with Gasteiger partial charge in [0, 0.05) is 32.2 Å². The minimum absolute atomic E-state index is 0.294. The third-order valence-electron chi connectivity index (χ3n) is 5.44. The molecule has 0 bridgehead atoms. The van der Waals surface area contributed by atoms with Crippen LogP contribution in [0, 0.1) is 0 Å². The van der Waals surface area contributed by atoms with E-state index in [1.165, 1.54) is 30.4 Å². The molecule has 2 N–H and O–H groups in total. The summed E-state index contributed by atoms with van der Waals surface area (Å²) in [4.78, 5) is 11.1. The summed E-state index contributed by atoms with van der Waals surface area (Å²) >= 11 is 0. The second kappa shape index (κ2) is 8.45. The van der Waals surface area contributed by atoms with Crippen LogP contribution in [0.3, 0.4) is 0 Å². The fraction of sp³-hybridized carbons (Fsp3) is 0.500. The first-order chi connectivity index (χ1) is 13.6. The monoisotopic (exact) mass is 401 g/mol. The largest absolute Gasteiger partial charge is 0.369 e. The smallest absolute Gasteiger partial charge is 0.240 e. The molecule has 0 atom stereocenters. The van der Waals surface area contributed by atoms with Gasteiger partial charge in [0.2, 0.25) is 10.0 Å². The first kappa shape index (κ1) is 19.1. The van der Waals surface area contributed by atoms with Crippen molar-refractivity contribution < 1.29 is 8.42 Å². The summed E-state index contributed by atoms with van der Waals surface area (Å²) in [5, 5.41) is 3.18. The zero-order valence-corrected chi connectivity index (χ0v) is 16.8. The molecule has 8 heteroatoms. The number of benzene rings is 1.